The van der Waals surface area contributed by atoms with Gasteiger partial charge in [0, 0.05) is 25.7 Å². The Kier molecular flexibility index (Phi) is 4.72. The van der Waals surface area contributed by atoms with Crippen LogP contribution in [0.4, 0.5) is 0 Å². The van der Waals surface area contributed by atoms with Gasteiger partial charge in [-0.25, -0.2) is 0 Å². The van der Waals surface area contributed by atoms with E-state index in [2.05, 4.69) is 16.3 Å². The van der Waals surface area contributed by atoms with Gasteiger partial charge in [-0.1, -0.05) is 18.2 Å². The summed E-state index contributed by atoms with van der Waals surface area (Å²) < 4.78 is 0. The van der Waals surface area contributed by atoms with Crippen molar-refractivity contribution in [3.63, 3.8) is 0 Å². The molecule has 20 heavy (non-hydrogen) atoms. The maximum absolute atomic E-state index is 12.1. The van der Waals surface area contributed by atoms with Gasteiger partial charge in [-0.15, -0.1) is 0 Å². The van der Waals surface area contributed by atoms with E-state index in [1.807, 2.05) is 25.1 Å². The Morgan fingerprint density at radius 3 is 3.00 bits per heavy atom. The summed E-state index contributed by atoms with van der Waals surface area (Å²) in [5.74, 6) is 0.0230. The maximum Gasteiger partial charge on any atom is 0.237 e. The molecule has 0 bridgehead atoms. The van der Waals surface area contributed by atoms with Gasteiger partial charge >= 0.3 is 0 Å². The molecule has 2 atom stereocenters. The van der Waals surface area contributed by atoms with Gasteiger partial charge in [-0.2, -0.15) is 5.26 Å². The van der Waals surface area contributed by atoms with Crippen molar-refractivity contribution in [2.75, 3.05) is 13.1 Å². The van der Waals surface area contributed by atoms with Crippen LogP contribution in [0.2, 0.25) is 0 Å². The zero-order chi connectivity index (χ0) is 14.5. The molecule has 1 heterocycles. The molecule has 1 aromatic rings. The lowest BCUT2D eigenvalue weighted by molar-refractivity contribution is -0.125. The molecule has 5 heteroatoms. The third-order valence-electron chi connectivity index (χ3n) is 3.60. The molecule has 0 saturated carbocycles. The first-order valence-electron chi connectivity index (χ1n) is 6.91. The standard InChI is InChI=1S/C15H20N4O/c1-2-18-15(20)14-7-13(17)10-19(14)9-12-6-4-3-5-11(12)8-16/h3-6,13-14H,2,7,9-10,17H2,1H3,(H,18,20)/t13-,14+/m1/s1. The molecule has 1 aliphatic heterocycles. The van der Waals surface area contributed by atoms with Gasteiger partial charge in [0.05, 0.1) is 17.7 Å². The van der Waals surface area contributed by atoms with Gasteiger partial charge in [0.25, 0.3) is 0 Å². The second kappa shape index (κ2) is 6.51. The van der Waals surface area contributed by atoms with Crippen LogP contribution in [-0.4, -0.2) is 36.0 Å². The molecule has 1 aliphatic rings. The van der Waals surface area contributed by atoms with Gasteiger partial charge in [0.1, 0.15) is 0 Å². The van der Waals surface area contributed by atoms with Crippen molar-refractivity contribution in [2.45, 2.75) is 32.0 Å². The number of hydrogen-bond donors (Lipinski definition) is 2. The molecule has 0 unspecified atom stereocenters. The van der Waals surface area contributed by atoms with Crippen LogP contribution in [-0.2, 0) is 11.3 Å². The lowest BCUT2D eigenvalue weighted by atomic mass is 10.1. The number of benzene rings is 1. The maximum atomic E-state index is 12.1. The largest absolute Gasteiger partial charge is 0.355 e. The topological polar surface area (TPSA) is 82.2 Å². The normalized spacial score (nSPS) is 22.4. The number of likely N-dealkylation sites (N-methyl/N-ethyl adjacent to an activating group) is 1. The third-order valence-corrected chi connectivity index (χ3v) is 3.60. The minimum absolute atomic E-state index is 0.0110. The molecule has 106 valence electrons. The Morgan fingerprint density at radius 2 is 2.30 bits per heavy atom. The molecule has 1 aromatic carbocycles. The number of carbonyl (C=O) groups excluding carboxylic acids is 1. The van der Waals surface area contributed by atoms with Crippen LogP contribution in [0.25, 0.3) is 0 Å². The van der Waals surface area contributed by atoms with Gasteiger partial charge in [-0.3, -0.25) is 9.69 Å². The van der Waals surface area contributed by atoms with Crippen LogP contribution in [0.15, 0.2) is 24.3 Å². The molecule has 1 saturated heterocycles. The van der Waals surface area contributed by atoms with E-state index in [0.717, 1.165) is 5.56 Å². The lowest BCUT2D eigenvalue weighted by Gasteiger charge is -2.23. The quantitative estimate of drug-likeness (QED) is 0.840. The first-order valence-corrected chi connectivity index (χ1v) is 6.91. The predicted octanol–water partition coefficient (Wildman–Crippen LogP) is 0.596. The number of rotatable bonds is 4. The molecular formula is C15H20N4O. The van der Waals surface area contributed by atoms with Crippen LogP contribution in [0.5, 0.6) is 0 Å². The van der Waals surface area contributed by atoms with Gasteiger partial charge in [0.15, 0.2) is 0 Å². The van der Waals surface area contributed by atoms with E-state index < -0.39 is 0 Å². The molecule has 0 spiro atoms. The number of nitrogens with two attached hydrogens (primary N) is 1. The molecular weight excluding hydrogens is 252 g/mol. The number of nitrogens with one attached hydrogen (secondary N) is 1. The average Bonchev–Trinajstić information content (AvgIpc) is 2.80. The molecule has 1 amide bonds. The summed E-state index contributed by atoms with van der Waals surface area (Å²) in [6, 6.07) is 9.49. The van der Waals surface area contributed by atoms with E-state index in [-0.39, 0.29) is 18.0 Å². The van der Waals surface area contributed by atoms with Crippen LogP contribution in [0.1, 0.15) is 24.5 Å². The van der Waals surface area contributed by atoms with Crippen LogP contribution in [0.3, 0.4) is 0 Å². The van der Waals surface area contributed by atoms with Crippen LogP contribution < -0.4 is 11.1 Å². The summed E-state index contributed by atoms with van der Waals surface area (Å²) in [5, 5.41) is 12.0. The van der Waals surface area contributed by atoms with Crippen LogP contribution in [0, 0.1) is 11.3 Å². The van der Waals surface area contributed by atoms with Crippen molar-refractivity contribution in [1.82, 2.24) is 10.2 Å². The van der Waals surface area contributed by atoms with E-state index in [9.17, 15) is 4.79 Å². The van der Waals surface area contributed by atoms with Crippen molar-refractivity contribution < 1.29 is 4.79 Å². The number of nitriles is 1. The van der Waals surface area contributed by atoms with Crippen molar-refractivity contribution >= 4 is 5.91 Å². The number of carbonyl (C=O) groups is 1. The van der Waals surface area contributed by atoms with Gasteiger partial charge < -0.3 is 11.1 Å². The molecule has 0 aromatic heterocycles. The Labute approximate surface area is 119 Å². The summed E-state index contributed by atoms with van der Waals surface area (Å²) >= 11 is 0. The highest BCUT2D eigenvalue weighted by Crippen LogP contribution is 2.21. The fourth-order valence-electron chi connectivity index (χ4n) is 2.66. The smallest absolute Gasteiger partial charge is 0.237 e. The summed E-state index contributed by atoms with van der Waals surface area (Å²) in [7, 11) is 0. The van der Waals surface area contributed by atoms with Crippen molar-refractivity contribution in [3.8, 4) is 6.07 Å². The zero-order valence-electron chi connectivity index (χ0n) is 11.7. The van der Waals surface area contributed by atoms with Gasteiger partial charge in [0.2, 0.25) is 5.91 Å². The summed E-state index contributed by atoms with van der Waals surface area (Å²) in [6.07, 6.45) is 0.667. The predicted molar refractivity (Wildman–Crippen MR) is 76.6 cm³/mol. The summed E-state index contributed by atoms with van der Waals surface area (Å²) in [6.45, 7) is 3.79. The highest BCUT2D eigenvalue weighted by atomic mass is 16.2. The number of hydrogen-bond acceptors (Lipinski definition) is 4. The minimum atomic E-state index is -0.198. The third kappa shape index (κ3) is 3.16. The molecule has 1 fully saturated rings. The van der Waals surface area contributed by atoms with E-state index >= 15 is 0 Å². The second-order valence-electron chi connectivity index (χ2n) is 5.10. The Morgan fingerprint density at radius 1 is 1.55 bits per heavy atom. The van der Waals surface area contributed by atoms with Crippen molar-refractivity contribution in [1.29, 1.82) is 5.26 Å². The van der Waals surface area contributed by atoms with E-state index in [1.165, 1.54) is 0 Å². The molecule has 0 radical (unpaired) electrons. The van der Waals surface area contributed by atoms with Crippen molar-refractivity contribution in [2.24, 2.45) is 5.73 Å². The fourth-order valence-corrected chi connectivity index (χ4v) is 2.66. The first kappa shape index (κ1) is 14.5. The lowest BCUT2D eigenvalue weighted by Crippen LogP contribution is -2.42. The van der Waals surface area contributed by atoms with E-state index in [1.54, 1.807) is 6.07 Å². The van der Waals surface area contributed by atoms with Crippen molar-refractivity contribution in [3.05, 3.63) is 35.4 Å². The fraction of sp³-hybridized carbons (Fsp3) is 0.467. The molecule has 5 nitrogen and oxygen atoms in total. The number of likely N-dealkylation sites (tertiary alicyclic amines) is 1. The summed E-state index contributed by atoms with van der Waals surface area (Å²) in [4.78, 5) is 14.1. The van der Waals surface area contributed by atoms with E-state index in [0.29, 0.717) is 31.6 Å². The molecule has 2 rings (SSSR count). The van der Waals surface area contributed by atoms with Gasteiger partial charge in [-0.05, 0) is 25.0 Å². The molecule has 3 N–H and O–H groups in total. The van der Waals surface area contributed by atoms with Crippen LogP contribution >= 0.6 is 0 Å². The van der Waals surface area contributed by atoms with E-state index in [4.69, 9.17) is 11.0 Å². The minimum Gasteiger partial charge on any atom is -0.355 e. The SMILES string of the molecule is CCNC(=O)[C@@H]1C[C@@H](N)CN1Cc1ccccc1C#N. The number of amides is 1. The Bertz CT molecular complexity index is 523. The highest BCUT2D eigenvalue weighted by Gasteiger charge is 2.34. The average molecular weight is 272 g/mol. The Balaban J connectivity index is 2.14. The summed E-state index contributed by atoms with van der Waals surface area (Å²) in [5.41, 5.74) is 7.59. The monoisotopic (exact) mass is 272 g/mol. The first-order chi connectivity index (χ1) is 9.65. The molecule has 0 aliphatic carbocycles. The highest BCUT2D eigenvalue weighted by molar-refractivity contribution is 5.82. The number of nitrogens with zero attached hydrogens (tertiary/aromatic N) is 2. The zero-order valence-corrected chi connectivity index (χ0v) is 11.7. The Hall–Kier alpha value is -1.90. The second-order valence-corrected chi connectivity index (χ2v) is 5.10.